The number of aromatic nitrogens is 5. The average Bonchev–Trinajstić information content (AvgIpc) is 3.74. The van der Waals surface area contributed by atoms with E-state index in [4.69, 9.17) is 29.3 Å². The molecule has 57 heavy (non-hydrogen) atoms. The molecule has 0 unspecified atom stereocenters. The average molecular weight is 730 g/mol. The predicted octanol–water partition coefficient (Wildman–Crippen LogP) is 12.9. The molecule has 3 aromatic heterocycles. The van der Waals surface area contributed by atoms with Crippen LogP contribution in [0.1, 0.15) is 0 Å². The Hall–Kier alpha value is -7.83. The Balaban J connectivity index is 0.950. The molecule has 0 aliphatic rings. The van der Waals surface area contributed by atoms with Crippen LogP contribution in [0.5, 0.6) is 0 Å². The standard InChI is InChI=1S/C51H31N5O/c1-4-12-34(13-5-1)48-54-49(35-14-6-2-7-15-35)56-50(55-48)40-27-26-38-30-37(24-25-39(38)31-40)32-20-22-33(23-21-32)46-42-28-29-44-47(45(42)41-18-10-11-19-43(41)52-46)53-51(57-44)36-16-8-3-9-17-36/h1-31H. The molecule has 0 saturated heterocycles. The van der Waals surface area contributed by atoms with Gasteiger partial charge in [0.2, 0.25) is 5.89 Å². The summed E-state index contributed by atoms with van der Waals surface area (Å²) in [7, 11) is 0. The summed E-state index contributed by atoms with van der Waals surface area (Å²) >= 11 is 0. The fraction of sp³-hybridized carbons (Fsp3) is 0. The van der Waals surface area contributed by atoms with Crippen LogP contribution in [0.15, 0.2) is 192 Å². The van der Waals surface area contributed by atoms with Crippen molar-refractivity contribution in [2.24, 2.45) is 0 Å². The Kier molecular flexibility index (Phi) is 7.71. The molecule has 11 aromatic rings. The normalized spacial score (nSPS) is 11.5. The van der Waals surface area contributed by atoms with Crippen molar-refractivity contribution in [3.63, 3.8) is 0 Å². The molecule has 3 heterocycles. The summed E-state index contributed by atoms with van der Waals surface area (Å²) < 4.78 is 6.28. The zero-order valence-corrected chi connectivity index (χ0v) is 30.5. The molecule has 11 rings (SSSR count). The van der Waals surface area contributed by atoms with E-state index in [0.717, 1.165) is 88.2 Å². The van der Waals surface area contributed by atoms with Crippen LogP contribution >= 0.6 is 0 Å². The largest absolute Gasteiger partial charge is 0.436 e. The van der Waals surface area contributed by atoms with Crippen LogP contribution in [0.3, 0.4) is 0 Å². The highest BCUT2D eigenvalue weighted by Gasteiger charge is 2.18. The molecule has 0 N–H and O–H groups in total. The Bertz CT molecular complexity index is 3210. The lowest BCUT2D eigenvalue weighted by atomic mass is 9.96. The fourth-order valence-electron chi connectivity index (χ4n) is 7.67. The first-order chi connectivity index (χ1) is 28.2. The number of pyridine rings is 1. The van der Waals surface area contributed by atoms with Gasteiger partial charge in [-0.1, -0.05) is 146 Å². The summed E-state index contributed by atoms with van der Waals surface area (Å²) in [5.41, 5.74) is 10.5. The van der Waals surface area contributed by atoms with Crippen molar-refractivity contribution in [1.29, 1.82) is 0 Å². The smallest absolute Gasteiger partial charge is 0.227 e. The van der Waals surface area contributed by atoms with Gasteiger partial charge in [-0.15, -0.1) is 0 Å². The molecule has 6 heteroatoms. The van der Waals surface area contributed by atoms with E-state index in [-0.39, 0.29) is 0 Å². The lowest BCUT2D eigenvalue weighted by Gasteiger charge is -2.11. The van der Waals surface area contributed by atoms with E-state index in [9.17, 15) is 0 Å². The summed E-state index contributed by atoms with van der Waals surface area (Å²) in [6, 6.07) is 64.2. The molecular formula is C51H31N5O. The number of rotatable bonds is 6. The van der Waals surface area contributed by atoms with Crippen LogP contribution in [0.4, 0.5) is 0 Å². The lowest BCUT2D eigenvalue weighted by Crippen LogP contribution is -2.00. The first kappa shape index (κ1) is 32.6. The summed E-state index contributed by atoms with van der Waals surface area (Å²) in [5.74, 6) is 2.54. The van der Waals surface area contributed by atoms with Crippen LogP contribution in [-0.2, 0) is 0 Å². The number of hydrogen-bond donors (Lipinski definition) is 0. The van der Waals surface area contributed by atoms with E-state index in [1.54, 1.807) is 0 Å². The molecule has 0 amide bonds. The van der Waals surface area contributed by atoms with Gasteiger partial charge in [-0.05, 0) is 64.4 Å². The monoisotopic (exact) mass is 729 g/mol. The third-order valence-electron chi connectivity index (χ3n) is 10.5. The van der Waals surface area contributed by atoms with E-state index >= 15 is 0 Å². The van der Waals surface area contributed by atoms with Gasteiger partial charge in [0.25, 0.3) is 0 Å². The van der Waals surface area contributed by atoms with Crippen LogP contribution in [0.2, 0.25) is 0 Å². The number of hydrogen-bond acceptors (Lipinski definition) is 6. The van der Waals surface area contributed by atoms with Crippen LogP contribution in [0, 0.1) is 0 Å². The van der Waals surface area contributed by atoms with Gasteiger partial charge in [0.05, 0.1) is 11.2 Å². The zero-order chi connectivity index (χ0) is 37.7. The molecule has 0 saturated carbocycles. The van der Waals surface area contributed by atoms with Gasteiger partial charge in [0, 0.05) is 44.0 Å². The molecule has 266 valence electrons. The first-order valence-electron chi connectivity index (χ1n) is 18.9. The molecule has 0 atom stereocenters. The lowest BCUT2D eigenvalue weighted by molar-refractivity contribution is 0.620. The Labute approximate surface area is 327 Å². The van der Waals surface area contributed by atoms with Crippen LogP contribution < -0.4 is 0 Å². The summed E-state index contributed by atoms with van der Waals surface area (Å²) in [5, 5.41) is 5.37. The Morgan fingerprint density at radius 2 is 0.860 bits per heavy atom. The highest BCUT2D eigenvalue weighted by atomic mass is 16.3. The van der Waals surface area contributed by atoms with Crippen molar-refractivity contribution in [2.75, 3.05) is 0 Å². The van der Waals surface area contributed by atoms with Gasteiger partial charge in [-0.2, -0.15) is 0 Å². The van der Waals surface area contributed by atoms with Crippen molar-refractivity contribution in [1.82, 2.24) is 24.9 Å². The number of nitrogens with zero attached hydrogens (tertiary/aromatic N) is 5. The van der Waals surface area contributed by atoms with E-state index in [0.29, 0.717) is 23.4 Å². The maximum atomic E-state index is 6.28. The maximum absolute atomic E-state index is 6.28. The molecule has 0 bridgehead atoms. The number of fused-ring (bicyclic) bond motifs is 6. The summed E-state index contributed by atoms with van der Waals surface area (Å²) in [6.07, 6.45) is 0. The highest BCUT2D eigenvalue weighted by molar-refractivity contribution is 6.20. The third-order valence-corrected chi connectivity index (χ3v) is 10.5. The van der Waals surface area contributed by atoms with Gasteiger partial charge in [0.1, 0.15) is 5.52 Å². The summed E-state index contributed by atoms with van der Waals surface area (Å²) in [4.78, 5) is 24.9. The predicted molar refractivity (Wildman–Crippen MR) is 230 cm³/mol. The molecule has 8 aromatic carbocycles. The maximum Gasteiger partial charge on any atom is 0.227 e. The SMILES string of the molecule is c1ccc(-c2nc(-c3ccccc3)nc(-c3ccc4cc(-c5ccc(-c6nc7ccccc7c7c6ccc6oc(-c8ccccc8)nc67)cc5)ccc4c3)n2)cc1. The van der Waals surface area contributed by atoms with Crippen molar-refractivity contribution in [3.05, 3.63) is 188 Å². The van der Waals surface area contributed by atoms with Crippen molar-refractivity contribution in [2.45, 2.75) is 0 Å². The minimum atomic E-state index is 0.608. The van der Waals surface area contributed by atoms with E-state index in [1.807, 2.05) is 103 Å². The van der Waals surface area contributed by atoms with Gasteiger partial charge in [-0.25, -0.2) is 24.9 Å². The van der Waals surface area contributed by atoms with Crippen molar-refractivity contribution < 1.29 is 4.42 Å². The Morgan fingerprint density at radius 1 is 0.333 bits per heavy atom. The second-order valence-electron chi connectivity index (χ2n) is 14.1. The molecule has 0 spiro atoms. The molecule has 0 aliphatic carbocycles. The van der Waals surface area contributed by atoms with Gasteiger partial charge in [0.15, 0.2) is 23.1 Å². The highest BCUT2D eigenvalue weighted by Crippen LogP contribution is 2.39. The minimum Gasteiger partial charge on any atom is -0.436 e. The van der Waals surface area contributed by atoms with Crippen molar-refractivity contribution in [3.8, 4) is 68.0 Å². The quantitative estimate of drug-likeness (QED) is 0.159. The van der Waals surface area contributed by atoms with Crippen LogP contribution in [-0.4, -0.2) is 24.9 Å². The van der Waals surface area contributed by atoms with Gasteiger partial charge in [-0.3, -0.25) is 0 Å². The zero-order valence-electron chi connectivity index (χ0n) is 30.5. The molecule has 0 aliphatic heterocycles. The number of para-hydroxylation sites is 1. The molecule has 6 nitrogen and oxygen atoms in total. The number of oxazole rings is 1. The van der Waals surface area contributed by atoms with Gasteiger partial charge >= 0.3 is 0 Å². The van der Waals surface area contributed by atoms with E-state index in [1.165, 1.54) is 0 Å². The summed E-state index contributed by atoms with van der Waals surface area (Å²) in [6.45, 7) is 0. The Morgan fingerprint density at radius 3 is 1.53 bits per heavy atom. The first-order valence-corrected chi connectivity index (χ1v) is 18.9. The topological polar surface area (TPSA) is 77.6 Å². The van der Waals surface area contributed by atoms with Crippen LogP contribution in [0.25, 0.3) is 112 Å². The van der Waals surface area contributed by atoms with Crippen molar-refractivity contribution >= 4 is 43.5 Å². The molecule has 0 radical (unpaired) electrons. The second-order valence-corrected chi connectivity index (χ2v) is 14.1. The fourth-order valence-corrected chi connectivity index (χ4v) is 7.67. The van der Waals surface area contributed by atoms with E-state index < -0.39 is 0 Å². The van der Waals surface area contributed by atoms with E-state index in [2.05, 4.69) is 84.9 Å². The molecular weight excluding hydrogens is 699 g/mol. The number of benzene rings is 8. The third kappa shape index (κ3) is 5.88. The minimum absolute atomic E-state index is 0.608. The second kappa shape index (κ2) is 13.5. The van der Waals surface area contributed by atoms with Gasteiger partial charge < -0.3 is 4.42 Å². The molecule has 0 fully saturated rings.